The van der Waals surface area contributed by atoms with Gasteiger partial charge in [-0.05, 0) is 61.1 Å². The molecule has 0 saturated heterocycles. The monoisotopic (exact) mass is 609 g/mol. The topological polar surface area (TPSA) is 87.1 Å². The van der Waals surface area contributed by atoms with Crippen molar-refractivity contribution in [2.75, 3.05) is 11.4 Å². The standard InChI is InChI=1S/C31H29F6NO5/c1-19(21-5-3-2-4-6-21)28(41)38-18-25(43-24-12-7-20(8-13-24)9-16-27(39)40)14-10-22-17-23(11-15-26(22)38)29(42,30(32,33)34)31(35,36)37/h2-8,11-13,15,17,19,25,42H,9-10,14,16,18H2,1H3,(H,39,40)/t19-,25-/m0/s1. The Morgan fingerprint density at radius 2 is 1.58 bits per heavy atom. The Labute approximate surface area is 243 Å². The maximum absolute atomic E-state index is 13.8. The first-order chi connectivity index (χ1) is 20.1. The van der Waals surface area contributed by atoms with Gasteiger partial charge in [-0.1, -0.05) is 54.6 Å². The molecule has 1 amide bonds. The van der Waals surface area contributed by atoms with Crippen molar-refractivity contribution in [3.05, 3.63) is 95.1 Å². The maximum Gasteiger partial charge on any atom is 0.430 e. The van der Waals surface area contributed by atoms with Gasteiger partial charge in [0.1, 0.15) is 11.9 Å². The molecule has 1 heterocycles. The second-order valence-electron chi connectivity index (χ2n) is 10.4. The van der Waals surface area contributed by atoms with Crippen molar-refractivity contribution in [2.45, 2.75) is 62.6 Å². The predicted molar refractivity (Wildman–Crippen MR) is 145 cm³/mol. The van der Waals surface area contributed by atoms with Crippen LogP contribution in [0.2, 0.25) is 0 Å². The van der Waals surface area contributed by atoms with Gasteiger partial charge in [-0.15, -0.1) is 0 Å². The van der Waals surface area contributed by atoms with Crippen LogP contribution in [-0.2, 0) is 28.0 Å². The number of aliphatic hydroxyl groups is 1. The quantitative estimate of drug-likeness (QED) is 0.283. The summed E-state index contributed by atoms with van der Waals surface area (Å²) >= 11 is 0. The average Bonchev–Trinajstić information content (AvgIpc) is 3.14. The van der Waals surface area contributed by atoms with Crippen molar-refractivity contribution in [3.63, 3.8) is 0 Å². The first-order valence-corrected chi connectivity index (χ1v) is 13.4. The van der Waals surface area contributed by atoms with E-state index in [2.05, 4.69) is 0 Å². The molecule has 3 aromatic carbocycles. The van der Waals surface area contributed by atoms with Crippen LogP contribution in [-0.4, -0.2) is 47.1 Å². The molecule has 12 heteroatoms. The number of carboxylic acids is 1. The molecule has 43 heavy (non-hydrogen) atoms. The fraction of sp³-hybridized carbons (Fsp3) is 0.355. The lowest BCUT2D eigenvalue weighted by molar-refractivity contribution is -0.376. The molecule has 0 unspecified atom stereocenters. The zero-order valence-corrected chi connectivity index (χ0v) is 23.0. The second kappa shape index (κ2) is 12.3. The van der Waals surface area contributed by atoms with E-state index in [1.165, 1.54) is 4.90 Å². The van der Waals surface area contributed by atoms with Crippen molar-refractivity contribution >= 4 is 17.6 Å². The molecular weight excluding hydrogens is 580 g/mol. The third-order valence-corrected chi connectivity index (χ3v) is 7.52. The van der Waals surface area contributed by atoms with Gasteiger partial charge in [-0.2, -0.15) is 26.3 Å². The van der Waals surface area contributed by atoms with Gasteiger partial charge in [0.25, 0.3) is 5.60 Å². The van der Waals surface area contributed by atoms with Crippen LogP contribution in [0.1, 0.15) is 47.9 Å². The van der Waals surface area contributed by atoms with E-state index in [4.69, 9.17) is 9.84 Å². The summed E-state index contributed by atoms with van der Waals surface area (Å²) in [5, 5.41) is 18.9. The molecular formula is C31H29F6NO5. The second-order valence-corrected chi connectivity index (χ2v) is 10.4. The lowest BCUT2D eigenvalue weighted by atomic mass is 9.89. The predicted octanol–water partition coefficient (Wildman–Crippen LogP) is 6.55. The highest BCUT2D eigenvalue weighted by atomic mass is 19.4. The van der Waals surface area contributed by atoms with Crippen LogP contribution in [0.15, 0.2) is 72.8 Å². The summed E-state index contributed by atoms with van der Waals surface area (Å²) in [7, 11) is 0. The van der Waals surface area contributed by atoms with Crippen LogP contribution in [0, 0.1) is 0 Å². The molecule has 2 N–H and O–H groups in total. The number of fused-ring (bicyclic) bond motifs is 1. The minimum Gasteiger partial charge on any atom is -0.489 e. The molecule has 2 atom stereocenters. The summed E-state index contributed by atoms with van der Waals surface area (Å²) in [5.74, 6) is -1.70. The van der Waals surface area contributed by atoms with Gasteiger partial charge >= 0.3 is 18.3 Å². The van der Waals surface area contributed by atoms with E-state index >= 15 is 0 Å². The average molecular weight is 610 g/mol. The van der Waals surface area contributed by atoms with Crippen molar-refractivity contribution in [1.29, 1.82) is 0 Å². The molecule has 230 valence electrons. The highest BCUT2D eigenvalue weighted by Crippen LogP contribution is 2.51. The first kappa shape index (κ1) is 31.9. The number of nitrogens with zero attached hydrogens (tertiary/aromatic N) is 1. The summed E-state index contributed by atoms with van der Waals surface area (Å²) < 4.78 is 87.9. The van der Waals surface area contributed by atoms with E-state index in [0.717, 1.165) is 11.6 Å². The number of ether oxygens (including phenoxy) is 1. The van der Waals surface area contributed by atoms with E-state index < -0.39 is 47.4 Å². The lowest BCUT2D eigenvalue weighted by Gasteiger charge is -2.34. The Bertz CT molecular complexity index is 1430. The highest BCUT2D eigenvalue weighted by molar-refractivity contribution is 5.98. The highest BCUT2D eigenvalue weighted by Gasteiger charge is 2.71. The van der Waals surface area contributed by atoms with E-state index in [1.807, 2.05) is 0 Å². The first-order valence-electron chi connectivity index (χ1n) is 13.4. The molecule has 1 aliphatic rings. The Kier molecular flexibility index (Phi) is 9.10. The molecule has 6 nitrogen and oxygen atoms in total. The number of alkyl halides is 6. The molecule has 4 rings (SSSR count). The molecule has 1 aliphatic heterocycles. The summed E-state index contributed by atoms with van der Waals surface area (Å²) in [4.78, 5) is 25.9. The van der Waals surface area contributed by atoms with Gasteiger partial charge in [0.2, 0.25) is 5.91 Å². The van der Waals surface area contributed by atoms with Gasteiger partial charge in [-0.3, -0.25) is 9.59 Å². The van der Waals surface area contributed by atoms with Crippen molar-refractivity contribution in [1.82, 2.24) is 0 Å². The number of aliphatic carboxylic acids is 1. The van der Waals surface area contributed by atoms with E-state index in [1.54, 1.807) is 61.5 Å². The Hall–Kier alpha value is -4.06. The van der Waals surface area contributed by atoms with Gasteiger partial charge in [0, 0.05) is 17.7 Å². The maximum atomic E-state index is 13.8. The van der Waals surface area contributed by atoms with Crippen LogP contribution in [0.4, 0.5) is 32.0 Å². The molecule has 0 spiro atoms. The minimum absolute atomic E-state index is 0.0214. The van der Waals surface area contributed by atoms with Crippen LogP contribution < -0.4 is 9.64 Å². The molecule has 0 aliphatic carbocycles. The minimum atomic E-state index is -6.05. The van der Waals surface area contributed by atoms with Gasteiger partial charge in [0.15, 0.2) is 0 Å². The molecule has 0 saturated carbocycles. The third-order valence-electron chi connectivity index (χ3n) is 7.52. The van der Waals surface area contributed by atoms with Gasteiger partial charge in [0.05, 0.1) is 12.5 Å². The largest absolute Gasteiger partial charge is 0.489 e. The number of carbonyl (C=O) groups excluding carboxylic acids is 1. The molecule has 0 aromatic heterocycles. The molecule has 0 bridgehead atoms. The zero-order valence-electron chi connectivity index (χ0n) is 23.0. The number of hydrogen-bond donors (Lipinski definition) is 2. The Balaban J connectivity index is 1.70. The van der Waals surface area contributed by atoms with Gasteiger partial charge < -0.3 is 19.8 Å². The lowest BCUT2D eigenvalue weighted by Crippen LogP contribution is -2.54. The van der Waals surface area contributed by atoms with Crippen LogP contribution >= 0.6 is 0 Å². The van der Waals surface area contributed by atoms with Crippen molar-refractivity contribution < 1.29 is 50.9 Å². The molecule has 0 fully saturated rings. The number of anilines is 1. The van der Waals surface area contributed by atoms with Crippen molar-refractivity contribution in [2.24, 2.45) is 0 Å². The summed E-state index contributed by atoms with van der Waals surface area (Å²) in [6.45, 7) is 1.60. The Morgan fingerprint density at radius 1 is 0.953 bits per heavy atom. The summed E-state index contributed by atoms with van der Waals surface area (Å²) in [6.07, 6.45) is -12.5. The smallest absolute Gasteiger partial charge is 0.430 e. The van der Waals surface area contributed by atoms with Crippen LogP contribution in [0.25, 0.3) is 0 Å². The number of carboxylic acid groups (broad SMARTS) is 1. The number of benzene rings is 3. The summed E-state index contributed by atoms with van der Waals surface area (Å²) in [5.41, 5.74) is -4.94. The van der Waals surface area contributed by atoms with E-state index in [0.29, 0.717) is 29.9 Å². The fourth-order valence-electron chi connectivity index (χ4n) is 5.07. The van der Waals surface area contributed by atoms with E-state index in [-0.39, 0.29) is 37.1 Å². The zero-order chi connectivity index (χ0) is 31.6. The van der Waals surface area contributed by atoms with E-state index in [9.17, 15) is 41.0 Å². The number of rotatable bonds is 8. The third kappa shape index (κ3) is 6.79. The van der Waals surface area contributed by atoms with Crippen molar-refractivity contribution in [3.8, 4) is 5.75 Å². The Morgan fingerprint density at radius 3 is 2.16 bits per heavy atom. The van der Waals surface area contributed by atoms with Crippen LogP contribution in [0.5, 0.6) is 5.75 Å². The number of aryl methyl sites for hydroxylation is 2. The van der Waals surface area contributed by atoms with Gasteiger partial charge in [-0.25, -0.2) is 0 Å². The van der Waals surface area contributed by atoms with Crippen LogP contribution in [0.3, 0.4) is 0 Å². The normalized spacial score (nSPS) is 16.7. The fourth-order valence-corrected chi connectivity index (χ4v) is 5.07. The molecule has 0 radical (unpaired) electrons. The number of hydrogen-bond acceptors (Lipinski definition) is 4. The SMILES string of the molecule is C[C@H](C(=O)N1C[C@@H](Oc2ccc(CCC(=O)O)cc2)CCc2cc(C(O)(C(F)(F)F)C(F)(F)F)ccc21)c1ccccc1. The number of halogens is 6. The number of amides is 1. The molecule has 3 aromatic rings. The summed E-state index contributed by atoms with van der Waals surface area (Å²) in [6, 6.07) is 17.5. The number of carbonyl (C=O) groups is 2.